The minimum Gasteiger partial charge on any atom is -0.481 e. The molecule has 0 fully saturated rings. The highest BCUT2D eigenvalue weighted by molar-refractivity contribution is 5.94. The molecule has 17 heavy (non-hydrogen) atoms. The van der Waals surface area contributed by atoms with Crippen LogP contribution in [0.4, 0.5) is 0 Å². The number of aliphatic hydroxyl groups is 1. The van der Waals surface area contributed by atoms with Gasteiger partial charge in [-0.2, -0.15) is 0 Å². The molecule has 1 rings (SSSR count). The lowest BCUT2D eigenvalue weighted by Gasteiger charge is -2.25. The molecular formula is C12H18N2O3. The highest BCUT2D eigenvalue weighted by atomic mass is 16.5. The lowest BCUT2D eigenvalue weighted by Crippen LogP contribution is -2.44. The maximum atomic E-state index is 11.9. The molecule has 1 aromatic rings. The van der Waals surface area contributed by atoms with Crippen LogP contribution in [0.1, 0.15) is 30.6 Å². The van der Waals surface area contributed by atoms with E-state index in [1.165, 1.54) is 13.3 Å². The molecule has 2 N–H and O–H groups in total. The minimum absolute atomic E-state index is 0.0359. The summed E-state index contributed by atoms with van der Waals surface area (Å²) < 4.78 is 4.91. The summed E-state index contributed by atoms with van der Waals surface area (Å²) in [5, 5.41) is 11.7. The van der Waals surface area contributed by atoms with Gasteiger partial charge in [0.25, 0.3) is 5.91 Å². The molecule has 5 nitrogen and oxygen atoms in total. The Balaban J connectivity index is 2.69. The summed E-state index contributed by atoms with van der Waals surface area (Å²) in [5.74, 6) is 0.259. The average Bonchev–Trinajstić information content (AvgIpc) is 2.28. The third kappa shape index (κ3) is 4.03. The van der Waals surface area contributed by atoms with Gasteiger partial charge in [-0.25, -0.2) is 4.98 Å². The monoisotopic (exact) mass is 238 g/mol. The lowest BCUT2D eigenvalue weighted by molar-refractivity contribution is 0.0899. The van der Waals surface area contributed by atoms with Gasteiger partial charge in [-0.05, 0) is 26.3 Å². The molecule has 94 valence electrons. The molecule has 0 saturated carbocycles. The van der Waals surface area contributed by atoms with Gasteiger partial charge in [0, 0.05) is 24.4 Å². The van der Waals surface area contributed by atoms with Crippen molar-refractivity contribution >= 4 is 5.91 Å². The maximum absolute atomic E-state index is 11.9. The van der Waals surface area contributed by atoms with Gasteiger partial charge in [0.05, 0.1) is 12.7 Å². The van der Waals surface area contributed by atoms with Gasteiger partial charge >= 0.3 is 0 Å². The number of amides is 1. The summed E-state index contributed by atoms with van der Waals surface area (Å²) in [6.45, 7) is 3.75. The van der Waals surface area contributed by atoms with E-state index in [0.717, 1.165) is 0 Å². The first-order valence-corrected chi connectivity index (χ1v) is 5.42. The third-order valence-electron chi connectivity index (χ3n) is 2.40. The Morgan fingerprint density at radius 1 is 1.53 bits per heavy atom. The van der Waals surface area contributed by atoms with E-state index in [1.807, 2.05) is 13.8 Å². The molecule has 0 saturated heterocycles. The summed E-state index contributed by atoms with van der Waals surface area (Å²) in [5.41, 5.74) is 0.0305. The molecule has 0 bridgehead atoms. The number of aliphatic hydroxyl groups excluding tert-OH is 1. The maximum Gasteiger partial charge on any atom is 0.253 e. The Kier molecular flexibility index (Phi) is 4.45. The zero-order valence-electron chi connectivity index (χ0n) is 10.4. The minimum atomic E-state index is -0.439. The molecule has 1 aromatic heterocycles. The Bertz CT molecular complexity index is 374. The van der Waals surface area contributed by atoms with Crippen LogP contribution in [0.15, 0.2) is 18.3 Å². The second-order valence-electron chi connectivity index (χ2n) is 4.40. The highest BCUT2D eigenvalue weighted by Gasteiger charge is 2.20. The third-order valence-corrected chi connectivity index (χ3v) is 2.40. The van der Waals surface area contributed by atoms with Crippen LogP contribution < -0.4 is 10.1 Å². The van der Waals surface area contributed by atoms with Crippen LogP contribution in [0.25, 0.3) is 0 Å². The number of pyridine rings is 1. The predicted molar refractivity (Wildman–Crippen MR) is 64.0 cm³/mol. The van der Waals surface area contributed by atoms with Crippen LogP contribution in [0.5, 0.6) is 5.88 Å². The van der Waals surface area contributed by atoms with Crippen molar-refractivity contribution < 1.29 is 14.6 Å². The Morgan fingerprint density at radius 2 is 2.24 bits per heavy atom. The summed E-state index contributed by atoms with van der Waals surface area (Å²) >= 11 is 0. The SMILES string of the molecule is COc1ccc(C(=O)NC(C)(C)CCO)cn1. The van der Waals surface area contributed by atoms with E-state index in [1.54, 1.807) is 12.1 Å². The van der Waals surface area contributed by atoms with Crippen molar-refractivity contribution in [1.29, 1.82) is 0 Å². The van der Waals surface area contributed by atoms with Gasteiger partial charge in [0.15, 0.2) is 0 Å². The van der Waals surface area contributed by atoms with E-state index in [-0.39, 0.29) is 12.5 Å². The first-order valence-electron chi connectivity index (χ1n) is 5.42. The van der Waals surface area contributed by atoms with Crippen molar-refractivity contribution in [1.82, 2.24) is 10.3 Å². The van der Waals surface area contributed by atoms with Gasteiger partial charge in [-0.1, -0.05) is 0 Å². The first kappa shape index (κ1) is 13.4. The molecule has 0 radical (unpaired) electrons. The van der Waals surface area contributed by atoms with Crippen molar-refractivity contribution in [3.8, 4) is 5.88 Å². The largest absolute Gasteiger partial charge is 0.481 e. The zero-order chi connectivity index (χ0) is 12.9. The van der Waals surface area contributed by atoms with E-state index in [4.69, 9.17) is 9.84 Å². The number of aromatic nitrogens is 1. The summed E-state index contributed by atoms with van der Waals surface area (Å²) in [7, 11) is 1.52. The van der Waals surface area contributed by atoms with E-state index >= 15 is 0 Å². The smallest absolute Gasteiger partial charge is 0.253 e. The number of methoxy groups -OCH3 is 1. The molecule has 0 unspecified atom stereocenters. The topological polar surface area (TPSA) is 71.5 Å². The van der Waals surface area contributed by atoms with E-state index in [0.29, 0.717) is 17.9 Å². The van der Waals surface area contributed by atoms with Crippen LogP contribution >= 0.6 is 0 Å². The number of carbonyl (C=O) groups is 1. The van der Waals surface area contributed by atoms with Crippen LogP contribution in [-0.2, 0) is 0 Å². The molecular weight excluding hydrogens is 220 g/mol. The summed E-state index contributed by atoms with van der Waals surface area (Å²) in [6.07, 6.45) is 1.96. The lowest BCUT2D eigenvalue weighted by atomic mass is 10.0. The standard InChI is InChI=1S/C12H18N2O3/c1-12(2,6-7-15)14-11(16)9-4-5-10(17-3)13-8-9/h4-5,8,15H,6-7H2,1-3H3,(H,14,16). The molecule has 0 spiro atoms. The average molecular weight is 238 g/mol. The van der Waals surface area contributed by atoms with E-state index in [9.17, 15) is 4.79 Å². The predicted octanol–water partition coefficient (Wildman–Crippen LogP) is 0.981. The number of ether oxygens (including phenoxy) is 1. The quantitative estimate of drug-likeness (QED) is 0.802. The molecule has 5 heteroatoms. The van der Waals surface area contributed by atoms with Crippen LogP contribution in [0.2, 0.25) is 0 Å². The van der Waals surface area contributed by atoms with Gasteiger partial charge in [-0.3, -0.25) is 4.79 Å². The highest BCUT2D eigenvalue weighted by Crippen LogP contribution is 2.11. The molecule has 0 aliphatic heterocycles. The first-order chi connectivity index (χ1) is 7.98. The molecule has 0 aromatic carbocycles. The number of hydrogen-bond donors (Lipinski definition) is 2. The van der Waals surface area contributed by atoms with Crippen molar-refractivity contribution in [3.63, 3.8) is 0 Å². The Hall–Kier alpha value is -1.62. The van der Waals surface area contributed by atoms with Crippen molar-refractivity contribution in [3.05, 3.63) is 23.9 Å². The van der Waals surface area contributed by atoms with Crippen molar-refractivity contribution in [2.45, 2.75) is 25.8 Å². The van der Waals surface area contributed by atoms with Gasteiger partial charge in [-0.15, -0.1) is 0 Å². The molecule has 0 aliphatic rings. The van der Waals surface area contributed by atoms with Gasteiger partial charge in [0.2, 0.25) is 5.88 Å². The second-order valence-corrected chi connectivity index (χ2v) is 4.40. The van der Waals surface area contributed by atoms with Crippen molar-refractivity contribution in [2.24, 2.45) is 0 Å². The summed E-state index contributed by atoms with van der Waals surface area (Å²) in [6, 6.07) is 3.28. The molecule has 0 aliphatic carbocycles. The molecule has 1 heterocycles. The van der Waals surface area contributed by atoms with Crippen LogP contribution in [-0.4, -0.2) is 35.3 Å². The van der Waals surface area contributed by atoms with Crippen molar-refractivity contribution in [2.75, 3.05) is 13.7 Å². The molecule has 0 atom stereocenters. The number of nitrogens with one attached hydrogen (secondary N) is 1. The number of nitrogens with zero attached hydrogens (tertiary/aromatic N) is 1. The van der Waals surface area contributed by atoms with Crippen LogP contribution in [0, 0.1) is 0 Å². The van der Waals surface area contributed by atoms with E-state index in [2.05, 4.69) is 10.3 Å². The van der Waals surface area contributed by atoms with Crippen LogP contribution in [0.3, 0.4) is 0 Å². The fraction of sp³-hybridized carbons (Fsp3) is 0.500. The fourth-order valence-corrected chi connectivity index (χ4v) is 1.36. The Labute approximate surface area is 101 Å². The number of rotatable bonds is 5. The zero-order valence-corrected chi connectivity index (χ0v) is 10.4. The second kappa shape index (κ2) is 5.63. The number of hydrogen-bond acceptors (Lipinski definition) is 4. The summed E-state index contributed by atoms with van der Waals surface area (Å²) in [4.78, 5) is 15.8. The Morgan fingerprint density at radius 3 is 2.71 bits per heavy atom. The number of carbonyl (C=O) groups excluding carboxylic acids is 1. The van der Waals surface area contributed by atoms with Gasteiger partial charge < -0.3 is 15.2 Å². The van der Waals surface area contributed by atoms with Gasteiger partial charge in [0.1, 0.15) is 0 Å². The molecule has 1 amide bonds. The normalized spacial score (nSPS) is 11.1. The van der Waals surface area contributed by atoms with E-state index < -0.39 is 5.54 Å². The fourth-order valence-electron chi connectivity index (χ4n) is 1.36.